The number of hydrogen-bond acceptors (Lipinski definition) is 2. The Bertz CT molecular complexity index is 1090. The van der Waals surface area contributed by atoms with Crippen molar-refractivity contribution >= 4 is 32.0 Å². The molecule has 1 aliphatic rings. The zero-order valence-corrected chi connectivity index (χ0v) is 22.7. The molecule has 0 radical (unpaired) electrons. The molecule has 182 valence electrons. The van der Waals surface area contributed by atoms with Crippen LogP contribution in [0.4, 0.5) is 0 Å². The second-order valence-corrected chi connectivity index (χ2v) is 12.0. The zero-order chi connectivity index (χ0) is 24.4. The molecule has 0 amide bonds. The average molecular weight is 543 g/mol. The lowest BCUT2D eigenvalue weighted by Gasteiger charge is -2.35. The van der Waals surface area contributed by atoms with Gasteiger partial charge in [0.1, 0.15) is 0 Å². The first-order chi connectivity index (χ1) is 16.4. The summed E-state index contributed by atoms with van der Waals surface area (Å²) in [6.07, 6.45) is 10.5. The van der Waals surface area contributed by atoms with Gasteiger partial charge in [-0.2, -0.15) is 4.31 Å². The van der Waals surface area contributed by atoms with Crippen LogP contribution in [0.1, 0.15) is 69.4 Å². The first kappa shape index (κ1) is 26.7. The molecule has 1 aliphatic carbocycles. The highest BCUT2D eigenvalue weighted by Gasteiger charge is 2.36. The van der Waals surface area contributed by atoms with Crippen molar-refractivity contribution in [3.05, 3.63) is 70.2 Å². The van der Waals surface area contributed by atoms with Crippen molar-refractivity contribution in [3.63, 3.8) is 0 Å². The lowest BCUT2D eigenvalue weighted by atomic mass is 9.84. The molecular weight excluding hydrogens is 506 g/mol. The maximum absolute atomic E-state index is 14.0. The summed E-state index contributed by atoms with van der Waals surface area (Å²) in [5, 5.41) is 0. The van der Waals surface area contributed by atoms with Gasteiger partial charge in [-0.1, -0.05) is 102 Å². The third kappa shape index (κ3) is 7.57. The van der Waals surface area contributed by atoms with Crippen molar-refractivity contribution in [1.82, 2.24) is 4.31 Å². The third-order valence-electron chi connectivity index (χ3n) is 6.37. The van der Waals surface area contributed by atoms with Crippen LogP contribution in [-0.2, 0) is 10.0 Å². The van der Waals surface area contributed by atoms with E-state index < -0.39 is 10.0 Å². The molecular formula is C29H36BrNO2S. The van der Waals surface area contributed by atoms with Gasteiger partial charge in [0, 0.05) is 17.4 Å². The van der Waals surface area contributed by atoms with E-state index in [1.807, 2.05) is 55.5 Å². The fourth-order valence-corrected chi connectivity index (χ4v) is 6.70. The van der Waals surface area contributed by atoms with E-state index >= 15 is 0 Å². The van der Waals surface area contributed by atoms with Gasteiger partial charge in [-0.05, 0) is 55.9 Å². The summed E-state index contributed by atoms with van der Waals surface area (Å²) in [6.45, 7) is 4.38. The van der Waals surface area contributed by atoms with Crippen LogP contribution < -0.4 is 0 Å². The van der Waals surface area contributed by atoms with E-state index in [1.54, 1.807) is 16.4 Å². The normalized spacial score (nSPS) is 16.2. The number of aryl methyl sites for hydroxylation is 1. The molecule has 3 rings (SSSR count). The molecule has 0 spiro atoms. The van der Waals surface area contributed by atoms with Crippen LogP contribution in [0.3, 0.4) is 0 Å². The highest BCUT2D eigenvalue weighted by atomic mass is 79.9. The van der Waals surface area contributed by atoms with Gasteiger partial charge in [0.2, 0.25) is 10.0 Å². The number of rotatable bonds is 9. The molecule has 1 fully saturated rings. The van der Waals surface area contributed by atoms with Gasteiger partial charge >= 0.3 is 0 Å². The summed E-state index contributed by atoms with van der Waals surface area (Å²) in [7, 11) is -3.74. The largest absolute Gasteiger partial charge is 0.244 e. The smallest absolute Gasteiger partial charge is 0.207 e. The van der Waals surface area contributed by atoms with Crippen LogP contribution in [0.2, 0.25) is 0 Å². The van der Waals surface area contributed by atoms with Gasteiger partial charge in [-0.15, -0.1) is 5.92 Å². The van der Waals surface area contributed by atoms with Gasteiger partial charge in [0.25, 0.3) is 0 Å². The molecule has 0 aliphatic heterocycles. The van der Waals surface area contributed by atoms with E-state index in [2.05, 4.69) is 34.7 Å². The Balaban J connectivity index is 2.03. The van der Waals surface area contributed by atoms with Gasteiger partial charge < -0.3 is 0 Å². The van der Waals surface area contributed by atoms with Crippen molar-refractivity contribution in [2.45, 2.75) is 76.2 Å². The molecule has 0 saturated heterocycles. The molecule has 0 heterocycles. The topological polar surface area (TPSA) is 37.4 Å². The Labute approximate surface area is 214 Å². The monoisotopic (exact) mass is 541 g/mol. The molecule has 1 saturated carbocycles. The van der Waals surface area contributed by atoms with Crippen LogP contribution >= 0.6 is 15.9 Å². The Morgan fingerprint density at radius 1 is 1.09 bits per heavy atom. The van der Waals surface area contributed by atoms with Crippen molar-refractivity contribution in [2.75, 3.05) is 6.54 Å². The Kier molecular flexibility index (Phi) is 10.4. The van der Waals surface area contributed by atoms with E-state index in [0.29, 0.717) is 4.90 Å². The number of hydrogen-bond donors (Lipinski definition) is 0. The Morgan fingerprint density at radius 2 is 1.76 bits per heavy atom. The minimum atomic E-state index is -3.74. The molecule has 2 aromatic carbocycles. The van der Waals surface area contributed by atoms with Gasteiger partial charge in [0.05, 0.1) is 10.9 Å². The molecule has 0 bridgehead atoms. The van der Waals surface area contributed by atoms with Crippen LogP contribution in [0.15, 0.2) is 64.0 Å². The quantitative estimate of drug-likeness (QED) is 0.242. The Morgan fingerprint density at radius 3 is 2.41 bits per heavy atom. The maximum atomic E-state index is 14.0. The SMILES string of the molecule is CCCCC#CC(C1CCCCC1)N(C/C(Br)=C/c1ccccc1)S(=O)(=O)c1ccc(C)cc1. The minimum absolute atomic E-state index is 0.250. The molecule has 3 nitrogen and oxygen atoms in total. The molecule has 0 N–H and O–H groups in total. The Hall–Kier alpha value is -1.87. The van der Waals surface area contributed by atoms with Crippen LogP contribution in [0.5, 0.6) is 0 Å². The van der Waals surface area contributed by atoms with Crippen LogP contribution in [-0.4, -0.2) is 25.3 Å². The number of nitrogens with zero attached hydrogens (tertiary/aromatic N) is 1. The first-order valence-corrected chi connectivity index (χ1v) is 14.6. The highest BCUT2D eigenvalue weighted by Crippen LogP contribution is 2.33. The summed E-state index contributed by atoms with van der Waals surface area (Å²) in [5.74, 6) is 7.01. The lowest BCUT2D eigenvalue weighted by molar-refractivity contribution is 0.244. The van der Waals surface area contributed by atoms with E-state index in [0.717, 1.165) is 60.6 Å². The summed E-state index contributed by atoms with van der Waals surface area (Å²) in [6, 6.07) is 16.8. The fourth-order valence-electron chi connectivity index (χ4n) is 4.42. The molecule has 34 heavy (non-hydrogen) atoms. The van der Waals surface area contributed by atoms with Crippen molar-refractivity contribution in [1.29, 1.82) is 0 Å². The predicted molar refractivity (Wildman–Crippen MR) is 146 cm³/mol. The lowest BCUT2D eigenvalue weighted by Crippen LogP contribution is -2.45. The van der Waals surface area contributed by atoms with Crippen molar-refractivity contribution in [2.24, 2.45) is 5.92 Å². The zero-order valence-electron chi connectivity index (χ0n) is 20.3. The van der Waals surface area contributed by atoms with E-state index in [1.165, 1.54) is 6.42 Å². The highest BCUT2D eigenvalue weighted by molar-refractivity contribution is 9.11. The second kappa shape index (κ2) is 13.3. The van der Waals surface area contributed by atoms with E-state index in [-0.39, 0.29) is 18.5 Å². The average Bonchev–Trinajstić information content (AvgIpc) is 2.84. The van der Waals surface area contributed by atoms with E-state index in [9.17, 15) is 8.42 Å². The van der Waals surface area contributed by atoms with Gasteiger partial charge in [-0.25, -0.2) is 8.42 Å². The number of unbranched alkanes of at least 4 members (excludes halogenated alkanes) is 2. The number of benzene rings is 2. The maximum Gasteiger partial charge on any atom is 0.244 e. The molecule has 1 atom stereocenters. The fraction of sp³-hybridized carbons (Fsp3) is 0.448. The number of sulfonamides is 1. The first-order valence-electron chi connectivity index (χ1n) is 12.4. The standard InChI is InChI=1S/C29H36BrNO2S/c1-3-4-5-12-17-29(26-15-10-7-11-16-26)31(23-27(30)22-25-13-8-6-9-14-25)34(32,33)28-20-18-24(2)19-21-28/h6,8-9,13-14,18-22,26,29H,3-5,7,10-11,15-16,23H2,1-2H3/b27-22-. The predicted octanol–water partition coefficient (Wildman–Crippen LogP) is 7.56. The number of halogens is 1. The summed E-state index contributed by atoms with van der Waals surface area (Å²) >= 11 is 3.68. The van der Waals surface area contributed by atoms with Crippen LogP contribution in [0.25, 0.3) is 6.08 Å². The molecule has 2 aromatic rings. The third-order valence-corrected chi connectivity index (χ3v) is 8.69. The summed E-state index contributed by atoms with van der Waals surface area (Å²) in [4.78, 5) is 0.328. The van der Waals surface area contributed by atoms with Crippen LogP contribution in [0, 0.1) is 24.7 Å². The molecule has 1 unspecified atom stereocenters. The molecule has 0 aromatic heterocycles. The van der Waals surface area contributed by atoms with Gasteiger partial charge in [0.15, 0.2) is 0 Å². The van der Waals surface area contributed by atoms with Crippen molar-refractivity contribution in [3.8, 4) is 11.8 Å². The second-order valence-electron chi connectivity index (χ2n) is 9.13. The van der Waals surface area contributed by atoms with Gasteiger partial charge in [-0.3, -0.25) is 0 Å². The minimum Gasteiger partial charge on any atom is -0.207 e. The molecule has 5 heteroatoms. The summed E-state index contributed by atoms with van der Waals surface area (Å²) in [5.41, 5.74) is 2.07. The van der Waals surface area contributed by atoms with Crippen molar-refractivity contribution < 1.29 is 8.42 Å². The summed E-state index contributed by atoms with van der Waals surface area (Å²) < 4.78 is 30.5. The van der Waals surface area contributed by atoms with E-state index in [4.69, 9.17) is 0 Å².